The van der Waals surface area contributed by atoms with E-state index >= 15 is 13.2 Å². The van der Waals surface area contributed by atoms with Crippen molar-refractivity contribution in [2.75, 3.05) is 44.2 Å². The summed E-state index contributed by atoms with van der Waals surface area (Å²) in [6, 6.07) is 5.44. The largest absolute Gasteiger partial charge is 0.508 e. The van der Waals surface area contributed by atoms with E-state index in [0.717, 1.165) is 19.4 Å². The molecule has 72 heavy (non-hydrogen) atoms. The van der Waals surface area contributed by atoms with Gasteiger partial charge in [0, 0.05) is 49.6 Å². The Kier molecular flexibility index (Phi) is 15.9. The predicted octanol–water partition coefficient (Wildman–Crippen LogP) is 13.4. The predicted molar refractivity (Wildman–Crippen MR) is 291 cm³/mol. The number of hydrogen-bond donors (Lipinski definition) is 1. The summed E-state index contributed by atoms with van der Waals surface area (Å²) in [6.07, 6.45) is 0.537. The van der Waals surface area contributed by atoms with Crippen LogP contribution >= 0.6 is 0 Å². The fraction of sp³-hybridized carbons (Fsp3) is 0.614. The van der Waals surface area contributed by atoms with Gasteiger partial charge in [0.05, 0.1) is 16.5 Å². The van der Waals surface area contributed by atoms with E-state index in [9.17, 15) is 9.90 Å². The Morgan fingerprint density at radius 3 is 2.03 bits per heavy atom. The molecule has 0 unspecified atom stereocenters. The topological polar surface area (TPSA) is 104 Å². The molecule has 390 valence electrons. The molecule has 0 spiro atoms. The van der Waals surface area contributed by atoms with Crippen molar-refractivity contribution in [3.63, 3.8) is 0 Å². The summed E-state index contributed by atoms with van der Waals surface area (Å²) in [5.41, 5.74) is 7.99. The lowest BCUT2D eigenvalue weighted by Gasteiger charge is -2.41. The molecule has 15 heteroatoms. The first-order valence-electron chi connectivity index (χ1n) is 26.4. The Morgan fingerprint density at radius 1 is 0.833 bits per heavy atom. The van der Waals surface area contributed by atoms with Crippen LogP contribution in [0.15, 0.2) is 24.3 Å². The van der Waals surface area contributed by atoms with Crippen molar-refractivity contribution in [1.82, 2.24) is 24.8 Å². The van der Waals surface area contributed by atoms with E-state index in [4.69, 9.17) is 24.4 Å². The zero-order chi connectivity index (χ0) is 53.0. The average Bonchev–Trinajstić information content (AvgIpc) is 3.81. The molecule has 3 atom stereocenters. The van der Waals surface area contributed by atoms with Gasteiger partial charge in [-0.25, -0.2) is 22.9 Å². The monoisotopic (exact) mass is 1020 g/mol. The normalized spacial score (nSPS) is 20.1. The van der Waals surface area contributed by atoms with Crippen molar-refractivity contribution in [3.05, 3.63) is 47.2 Å². The highest BCUT2D eigenvalue weighted by molar-refractivity contribution is 6.91. The van der Waals surface area contributed by atoms with Crippen molar-refractivity contribution in [3.8, 4) is 45.9 Å². The molecule has 3 aliphatic rings. The number of piperazine rings is 1. The van der Waals surface area contributed by atoms with Crippen molar-refractivity contribution in [2.24, 2.45) is 0 Å². The third kappa shape index (κ3) is 10.2. The van der Waals surface area contributed by atoms with Crippen LogP contribution in [0.5, 0.6) is 11.8 Å². The number of anilines is 1. The van der Waals surface area contributed by atoms with Crippen LogP contribution in [-0.2, 0) is 4.74 Å². The summed E-state index contributed by atoms with van der Waals surface area (Å²) in [4.78, 5) is 34.5. The Bertz CT molecular complexity index is 2780. The molecule has 2 aromatic heterocycles. The van der Waals surface area contributed by atoms with E-state index in [0.29, 0.717) is 42.6 Å². The van der Waals surface area contributed by atoms with E-state index in [1.54, 1.807) is 11.0 Å². The van der Waals surface area contributed by atoms with Crippen LogP contribution in [0.25, 0.3) is 32.9 Å². The lowest BCUT2D eigenvalue weighted by atomic mass is 9.95. The minimum atomic E-state index is -2.47. The summed E-state index contributed by atoms with van der Waals surface area (Å²) in [7, 11) is -4.87. The van der Waals surface area contributed by atoms with Gasteiger partial charge in [0.2, 0.25) is 0 Å². The second-order valence-corrected chi connectivity index (χ2v) is 35.0. The number of aromatic nitrogens is 3. The molecule has 5 heterocycles. The zero-order valence-corrected chi connectivity index (χ0v) is 47.8. The summed E-state index contributed by atoms with van der Waals surface area (Å²) < 4.78 is 62.6. The van der Waals surface area contributed by atoms with Gasteiger partial charge in [-0.2, -0.15) is 9.97 Å². The number of nitrogens with zero attached hydrogens (tertiary/aromatic N) is 6. The smallest absolute Gasteiger partial charge is 0.410 e. The Hall–Kier alpha value is -4.84. The van der Waals surface area contributed by atoms with Crippen LogP contribution < -0.4 is 9.64 Å². The fourth-order valence-electron chi connectivity index (χ4n) is 13.0. The summed E-state index contributed by atoms with van der Waals surface area (Å²) in [5.74, 6) is 5.67. The molecule has 0 saturated carbocycles. The Balaban J connectivity index is 1.55. The van der Waals surface area contributed by atoms with E-state index in [1.807, 2.05) is 32.6 Å². The molecular weight excluding hydrogens is 946 g/mol. The molecule has 2 aromatic carbocycles. The molecular formula is C57H79F3N6O4Si2. The lowest BCUT2D eigenvalue weighted by Crippen LogP contribution is -2.55. The molecule has 1 N–H and O–H groups in total. The third-order valence-electron chi connectivity index (χ3n) is 16.4. The minimum Gasteiger partial charge on any atom is -0.508 e. The summed E-state index contributed by atoms with van der Waals surface area (Å²) in [5, 5.41) is 12.5. The van der Waals surface area contributed by atoms with E-state index in [2.05, 4.69) is 111 Å². The summed E-state index contributed by atoms with van der Waals surface area (Å²) in [6.45, 7) is 36.0. The highest BCUT2D eigenvalue weighted by Crippen LogP contribution is 2.45. The zero-order valence-electron chi connectivity index (χ0n) is 45.8. The number of rotatable bonds is 11. The molecule has 3 fully saturated rings. The maximum Gasteiger partial charge on any atom is 0.410 e. The minimum absolute atomic E-state index is 0.0933. The summed E-state index contributed by atoms with van der Waals surface area (Å²) >= 11 is 0. The number of carbonyl (C=O) groups excluding carboxylic acids is 1. The number of hydrogen-bond acceptors (Lipinski definition) is 9. The first-order chi connectivity index (χ1) is 33.7. The van der Waals surface area contributed by atoms with Gasteiger partial charge in [0.25, 0.3) is 0 Å². The molecule has 0 bridgehead atoms. The van der Waals surface area contributed by atoms with Crippen LogP contribution in [0.2, 0.25) is 33.2 Å². The number of aromatic hydroxyl groups is 1. The molecule has 0 aliphatic carbocycles. The van der Waals surface area contributed by atoms with Crippen molar-refractivity contribution in [1.29, 1.82) is 0 Å². The van der Waals surface area contributed by atoms with E-state index in [-0.39, 0.29) is 97.6 Å². The van der Waals surface area contributed by atoms with Gasteiger partial charge in [-0.3, -0.25) is 4.90 Å². The lowest BCUT2D eigenvalue weighted by molar-refractivity contribution is 0.0158. The number of phenolic OH excluding ortho intramolecular Hbond substituents is 1. The van der Waals surface area contributed by atoms with Crippen LogP contribution in [0.3, 0.4) is 0 Å². The van der Waals surface area contributed by atoms with Crippen LogP contribution in [-0.4, -0.2) is 115 Å². The number of ether oxygens (including phenoxy) is 2. The van der Waals surface area contributed by atoms with Gasteiger partial charge in [0.15, 0.2) is 5.82 Å². The number of halogens is 3. The van der Waals surface area contributed by atoms with E-state index in [1.165, 1.54) is 18.2 Å². The van der Waals surface area contributed by atoms with Gasteiger partial charge >= 0.3 is 12.1 Å². The molecule has 3 saturated heterocycles. The molecule has 10 nitrogen and oxygen atoms in total. The van der Waals surface area contributed by atoms with Gasteiger partial charge in [-0.1, -0.05) is 101 Å². The SMILES string of the molecule is CC(C)[Si](C#Cc1c(F)ccc2cc(O)cc(-c3nc(C#C[Si](C(C)C)(C(C)C)C(C)C)c4c(N5CCN(C(=O)OC(C)(C)C)[C@@H](C)C5)nc(OC[C@@]56CCCN5C[C@H](F)C6)nc4c3F)c12)(C(C)C)C(C)C. The quantitative estimate of drug-likeness (QED) is 0.116. The van der Waals surface area contributed by atoms with Crippen LogP contribution in [0.1, 0.15) is 141 Å². The second kappa shape index (κ2) is 20.8. The van der Waals surface area contributed by atoms with Crippen LogP contribution in [0, 0.1) is 34.6 Å². The van der Waals surface area contributed by atoms with Gasteiger partial charge < -0.3 is 24.4 Å². The van der Waals surface area contributed by atoms with Crippen molar-refractivity contribution in [2.45, 2.75) is 187 Å². The molecule has 1 amide bonds. The Morgan fingerprint density at radius 2 is 1.44 bits per heavy atom. The number of carbonyl (C=O) groups is 1. The second-order valence-electron chi connectivity index (χ2n) is 23.8. The standard InChI is InChI=1S/C57H79F3N6O4Si2/c1-34(2)71(35(3)4,36(5)6)26-20-44-46(59)19-18-41-28-43(67)29-45(48(41)44)51-50(60)52-49(47(61-51)21-27-72(37(7)8,38(9)10)39(11)12)53(64-24-25-66(40(13)31-64)55(68)70-56(14,15)16)63-54(62-52)69-33-57-22-17-23-65(57)32-42(58)30-57/h18-19,28-29,34-40,42,67H,17,22-25,30-33H2,1-16H3/t40-,42+,57-/m0/s1. The molecule has 7 rings (SSSR count). The number of pyridine rings is 1. The number of amides is 1. The number of alkyl halides is 1. The number of fused-ring (bicyclic) bond motifs is 3. The first-order valence-corrected chi connectivity index (χ1v) is 30.8. The first kappa shape index (κ1) is 54.9. The number of phenols is 1. The maximum absolute atomic E-state index is 18.5. The fourth-order valence-corrected chi connectivity index (χ4v) is 23.4. The van der Waals surface area contributed by atoms with E-state index < -0.39 is 51.2 Å². The van der Waals surface area contributed by atoms with Gasteiger partial charge in [-0.15, -0.1) is 11.1 Å². The molecule has 3 aliphatic heterocycles. The molecule has 0 radical (unpaired) electrons. The van der Waals surface area contributed by atoms with Crippen molar-refractivity contribution >= 4 is 49.7 Å². The highest BCUT2D eigenvalue weighted by Gasteiger charge is 2.50. The third-order valence-corrected chi connectivity index (χ3v) is 29.0. The van der Waals surface area contributed by atoms with Crippen molar-refractivity contribution < 1.29 is 32.5 Å². The number of benzene rings is 2. The average molecular weight is 1030 g/mol. The van der Waals surface area contributed by atoms with Crippen LogP contribution in [0.4, 0.5) is 23.8 Å². The molecule has 4 aromatic rings. The highest BCUT2D eigenvalue weighted by atomic mass is 28.3. The van der Waals surface area contributed by atoms with Gasteiger partial charge in [0.1, 0.15) is 68.8 Å². The maximum atomic E-state index is 18.5. The van der Waals surface area contributed by atoms with Gasteiger partial charge in [-0.05, 0) is 104 Å². The Labute approximate surface area is 429 Å².